The Bertz CT molecular complexity index is 380. The Morgan fingerprint density at radius 1 is 1.30 bits per heavy atom. The van der Waals surface area contributed by atoms with Crippen molar-refractivity contribution < 1.29 is 19.0 Å². The summed E-state index contributed by atoms with van der Waals surface area (Å²) in [6.07, 6.45) is 5.69. The van der Waals surface area contributed by atoms with Crippen molar-refractivity contribution in [1.29, 1.82) is 0 Å². The second-order valence-electron chi connectivity index (χ2n) is 5.92. The summed E-state index contributed by atoms with van der Waals surface area (Å²) in [6.45, 7) is 5.36. The van der Waals surface area contributed by atoms with Crippen molar-refractivity contribution in [2.45, 2.75) is 64.3 Å². The lowest BCUT2D eigenvalue weighted by atomic mass is 9.90. The molecule has 0 aliphatic carbocycles. The van der Waals surface area contributed by atoms with E-state index in [4.69, 9.17) is 25.8 Å². The number of allylic oxidation sites excluding steroid dienone is 2. The van der Waals surface area contributed by atoms with E-state index in [1.165, 1.54) is 0 Å². The van der Waals surface area contributed by atoms with Gasteiger partial charge in [0.1, 0.15) is 11.9 Å². The smallest absolute Gasteiger partial charge is 0.187 e. The molecule has 5 heteroatoms. The van der Waals surface area contributed by atoms with Crippen LogP contribution in [-0.2, 0) is 19.0 Å². The predicted molar refractivity (Wildman–Crippen MR) is 76.6 cm³/mol. The number of carbonyl (C=O) groups is 1. The molecule has 20 heavy (non-hydrogen) atoms. The van der Waals surface area contributed by atoms with Crippen molar-refractivity contribution in [3.63, 3.8) is 0 Å². The summed E-state index contributed by atoms with van der Waals surface area (Å²) in [7, 11) is 0. The standard InChI is InChI=1S/C15H23ClO4/c1-10(17)9-11-12(7-5-4-6-8-16)18-14-13(11)19-15(2,3)20-14/h4,6,11-14H,5,7-9H2,1-3H3/b6-4+/t11-,12-,13-,14-/m1/s1. The second-order valence-corrected chi connectivity index (χ2v) is 6.22. The Morgan fingerprint density at radius 2 is 2.05 bits per heavy atom. The molecule has 2 heterocycles. The molecule has 0 aromatic rings. The molecule has 0 unspecified atom stereocenters. The fraction of sp³-hybridized carbons (Fsp3) is 0.800. The van der Waals surface area contributed by atoms with Crippen molar-refractivity contribution in [3.05, 3.63) is 12.2 Å². The summed E-state index contributed by atoms with van der Waals surface area (Å²) in [4.78, 5) is 11.5. The first kappa shape index (κ1) is 16.0. The number of hydrogen-bond acceptors (Lipinski definition) is 4. The fourth-order valence-electron chi connectivity index (χ4n) is 2.94. The number of ether oxygens (including phenoxy) is 3. The molecule has 2 fully saturated rings. The van der Waals surface area contributed by atoms with Crippen molar-refractivity contribution >= 4 is 17.4 Å². The quantitative estimate of drug-likeness (QED) is 0.559. The second kappa shape index (κ2) is 6.56. The average Bonchev–Trinajstić information content (AvgIpc) is 2.78. The Kier molecular flexibility index (Phi) is 5.24. The highest BCUT2D eigenvalue weighted by atomic mass is 35.5. The van der Waals surface area contributed by atoms with Gasteiger partial charge in [0.25, 0.3) is 0 Å². The van der Waals surface area contributed by atoms with Gasteiger partial charge in [-0.3, -0.25) is 0 Å². The average molecular weight is 303 g/mol. The van der Waals surface area contributed by atoms with E-state index in [9.17, 15) is 4.79 Å². The van der Waals surface area contributed by atoms with Crippen LogP contribution in [0.25, 0.3) is 0 Å². The van der Waals surface area contributed by atoms with Crippen LogP contribution in [0.15, 0.2) is 12.2 Å². The van der Waals surface area contributed by atoms with Crippen LogP contribution in [0.2, 0.25) is 0 Å². The molecule has 2 aliphatic heterocycles. The minimum atomic E-state index is -0.631. The van der Waals surface area contributed by atoms with Crippen LogP contribution in [0.1, 0.15) is 40.0 Å². The van der Waals surface area contributed by atoms with Crippen LogP contribution in [0, 0.1) is 5.92 Å². The predicted octanol–water partition coefficient (Wildman–Crippen LogP) is 3.03. The Balaban J connectivity index is 1.98. The summed E-state index contributed by atoms with van der Waals surface area (Å²) in [5.41, 5.74) is 0. The maximum atomic E-state index is 11.5. The number of alkyl halides is 1. The molecular weight excluding hydrogens is 280 g/mol. The van der Waals surface area contributed by atoms with Crippen LogP contribution in [0.5, 0.6) is 0 Å². The van der Waals surface area contributed by atoms with E-state index in [0.717, 1.165) is 12.8 Å². The summed E-state index contributed by atoms with van der Waals surface area (Å²) >= 11 is 5.60. The van der Waals surface area contributed by atoms with Crippen LogP contribution >= 0.6 is 11.6 Å². The molecule has 0 spiro atoms. The zero-order valence-electron chi connectivity index (χ0n) is 12.3. The van der Waals surface area contributed by atoms with E-state index in [0.29, 0.717) is 12.3 Å². The van der Waals surface area contributed by atoms with E-state index in [1.54, 1.807) is 6.92 Å². The third-order valence-corrected chi connectivity index (χ3v) is 3.87. The number of rotatable bonds is 6. The number of carbonyl (C=O) groups excluding carboxylic acids is 1. The molecule has 0 bridgehead atoms. The third kappa shape index (κ3) is 3.82. The Hall–Kier alpha value is -0.420. The third-order valence-electron chi connectivity index (χ3n) is 3.69. The number of Topliss-reactive ketones (excluding diaryl/α,β-unsaturated/α-hetero) is 1. The molecule has 0 saturated carbocycles. The minimum absolute atomic E-state index is 0.00461. The van der Waals surface area contributed by atoms with Gasteiger partial charge in [0.05, 0.1) is 6.10 Å². The first-order chi connectivity index (χ1) is 9.43. The molecule has 0 aromatic carbocycles. The van der Waals surface area contributed by atoms with Crippen LogP contribution in [-0.4, -0.2) is 35.9 Å². The minimum Gasteiger partial charge on any atom is -0.346 e. The van der Waals surface area contributed by atoms with Gasteiger partial charge in [-0.05, 0) is 33.6 Å². The molecule has 0 radical (unpaired) electrons. The van der Waals surface area contributed by atoms with Crippen molar-refractivity contribution in [2.24, 2.45) is 5.92 Å². The maximum Gasteiger partial charge on any atom is 0.187 e. The first-order valence-electron chi connectivity index (χ1n) is 7.14. The van der Waals surface area contributed by atoms with Crippen molar-refractivity contribution in [1.82, 2.24) is 0 Å². The molecule has 0 N–H and O–H groups in total. The van der Waals surface area contributed by atoms with E-state index in [1.807, 2.05) is 26.0 Å². The number of halogens is 1. The van der Waals surface area contributed by atoms with Gasteiger partial charge in [0, 0.05) is 18.2 Å². The van der Waals surface area contributed by atoms with Gasteiger partial charge < -0.3 is 19.0 Å². The first-order valence-corrected chi connectivity index (χ1v) is 7.68. The number of hydrogen-bond donors (Lipinski definition) is 0. The molecule has 0 amide bonds. The molecule has 114 valence electrons. The zero-order chi connectivity index (χ0) is 14.8. The Morgan fingerprint density at radius 3 is 2.70 bits per heavy atom. The van der Waals surface area contributed by atoms with Gasteiger partial charge in [-0.1, -0.05) is 12.2 Å². The van der Waals surface area contributed by atoms with Crippen LogP contribution in [0.4, 0.5) is 0 Å². The van der Waals surface area contributed by atoms with Gasteiger partial charge in [0.15, 0.2) is 12.1 Å². The molecular formula is C15H23ClO4. The highest BCUT2D eigenvalue weighted by molar-refractivity contribution is 6.18. The fourth-order valence-corrected chi connectivity index (χ4v) is 3.07. The molecule has 2 rings (SSSR count). The summed E-state index contributed by atoms with van der Waals surface area (Å²) in [6, 6.07) is 0. The van der Waals surface area contributed by atoms with Gasteiger partial charge in [-0.25, -0.2) is 0 Å². The van der Waals surface area contributed by atoms with Gasteiger partial charge in [-0.2, -0.15) is 0 Å². The topological polar surface area (TPSA) is 44.8 Å². The number of fused-ring (bicyclic) bond motifs is 1. The SMILES string of the molecule is CC(=O)C[C@H]1[C@H]2OC(C)(C)O[C@H]2O[C@@H]1CC/C=C/CCl. The number of ketones is 1. The van der Waals surface area contributed by atoms with Gasteiger partial charge in [0.2, 0.25) is 0 Å². The van der Waals surface area contributed by atoms with E-state index < -0.39 is 5.79 Å². The lowest BCUT2D eigenvalue weighted by Crippen LogP contribution is -2.31. The summed E-state index contributed by atoms with van der Waals surface area (Å²) in [5, 5.41) is 0. The van der Waals surface area contributed by atoms with Gasteiger partial charge in [-0.15, -0.1) is 11.6 Å². The normalized spacial score (nSPS) is 35.6. The summed E-state index contributed by atoms with van der Waals surface area (Å²) < 4.78 is 17.6. The van der Waals surface area contributed by atoms with E-state index in [-0.39, 0.29) is 30.2 Å². The lowest BCUT2D eigenvalue weighted by Gasteiger charge is -2.25. The zero-order valence-corrected chi connectivity index (χ0v) is 13.1. The van der Waals surface area contributed by atoms with Crippen LogP contribution in [0.3, 0.4) is 0 Å². The van der Waals surface area contributed by atoms with Crippen molar-refractivity contribution in [3.8, 4) is 0 Å². The van der Waals surface area contributed by atoms with Gasteiger partial charge >= 0.3 is 0 Å². The van der Waals surface area contributed by atoms with Crippen LogP contribution < -0.4 is 0 Å². The largest absolute Gasteiger partial charge is 0.346 e. The molecule has 4 atom stereocenters. The summed E-state index contributed by atoms with van der Waals surface area (Å²) in [5.74, 6) is 0.125. The molecule has 0 aromatic heterocycles. The molecule has 4 nitrogen and oxygen atoms in total. The molecule has 2 aliphatic rings. The van der Waals surface area contributed by atoms with E-state index in [2.05, 4.69) is 0 Å². The Labute approximate surface area is 125 Å². The highest BCUT2D eigenvalue weighted by Gasteiger charge is 2.54. The maximum absolute atomic E-state index is 11.5. The van der Waals surface area contributed by atoms with E-state index >= 15 is 0 Å². The monoisotopic (exact) mass is 302 g/mol. The lowest BCUT2D eigenvalue weighted by molar-refractivity contribution is -0.210. The highest BCUT2D eigenvalue weighted by Crippen LogP contribution is 2.43. The molecule has 2 saturated heterocycles. The van der Waals surface area contributed by atoms with Crippen molar-refractivity contribution in [2.75, 3.05) is 5.88 Å².